The number of aliphatic hydroxyl groups excluding tert-OH is 1. The lowest BCUT2D eigenvalue weighted by Crippen LogP contribution is -2.48. The third kappa shape index (κ3) is 3.80. The summed E-state index contributed by atoms with van der Waals surface area (Å²) < 4.78 is 23.8. The molecule has 33 heavy (non-hydrogen) atoms. The molecule has 0 aliphatic carbocycles. The van der Waals surface area contributed by atoms with Crippen molar-refractivity contribution < 1.29 is 33.8 Å². The van der Waals surface area contributed by atoms with E-state index in [9.17, 15) is 15.0 Å². The van der Waals surface area contributed by atoms with Crippen LogP contribution >= 0.6 is 11.6 Å². The maximum absolute atomic E-state index is 11.6. The Morgan fingerprint density at radius 3 is 2.48 bits per heavy atom. The number of amides is 1. The lowest BCUT2D eigenvalue weighted by atomic mass is 9.73. The molecule has 1 aromatic heterocycles. The van der Waals surface area contributed by atoms with E-state index >= 15 is 0 Å². The van der Waals surface area contributed by atoms with E-state index in [0.717, 1.165) is 0 Å². The van der Waals surface area contributed by atoms with Gasteiger partial charge in [0.05, 0.1) is 30.6 Å². The number of aromatic nitrogens is 1. The molecule has 2 aliphatic heterocycles. The summed E-state index contributed by atoms with van der Waals surface area (Å²) in [4.78, 5) is 15.8. The summed E-state index contributed by atoms with van der Waals surface area (Å²) in [7, 11) is 0.600. The van der Waals surface area contributed by atoms with E-state index in [0.29, 0.717) is 21.8 Å². The summed E-state index contributed by atoms with van der Waals surface area (Å²) >= 11 is 6.58. The fourth-order valence-corrected chi connectivity index (χ4v) is 4.29. The summed E-state index contributed by atoms with van der Waals surface area (Å²) in [6, 6.07) is 8.22. The zero-order chi connectivity index (χ0) is 24.2. The Balaban J connectivity index is 1.84. The van der Waals surface area contributed by atoms with Crippen molar-refractivity contribution in [2.75, 3.05) is 13.7 Å². The van der Waals surface area contributed by atoms with E-state index in [-0.39, 0.29) is 18.1 Å². The standard InChI is InChI=1S/C22H26BClN2O7/c1-20(2)21(3,4)33-23(32-20)17-12(24)9-10-13-16(17)18(27)22(31-13,11-25-19(28)29)14-7-6-8-15(26-14)30-5/h6-10,18,25,27H,11H2,1-5H3,(H,28,29). The maximum Gasteiger partial charge on any atom is 0.496 e. The minimum atomic E-state index is -1.57. The lowest BCUT2D eigenvalue weighted by molar-refractivity contribution is -0.0340. The van der Waals surface area contributed by atoms with Gasteiger partial charge in [0.25, 0.3) is 0 Å². The van der Waals surface area contributed by atoms with E-state index in [2.05, 4.69) is 10.3 Å². The van der Waals surface area contributed by atoms with Gasteiger partial charge in [0.15, 0.2) is 5.60 Å². The van der Waals surface area contributed by atoms with Crippen LogP contribution in [-0.2, 0) is 14.9 Å². The van der Waals surface area contributed by atoms with Crippen LogP contribution in [0.3, 0.4) is 0 Å². The van der Waals surface area contributed by atoms with Crippen LogP contribution in [0.2, 0.25) is 5.02 Å². The quantitative estimate of drug-likeness (QED) is 0.564. The molecule has 2 unspecified atom stereocenters. The second-order valence-corrected chi connectivity index (χ2v) is 9.49. The predicted octanol–water partition coefficient (Wildman–Crippen LogP) is 2.63. The Morgan fingerprint density at radius 1 is 1.21 bits per heavy atom. The van der Waals surface area contributed by atoms with E-state index in [1.165, 1.54) is 7.11 Å². The van der Waals surface area contributed by atoms with Crippen molar-refractivity contribution in [3.63, 3.8) is 0 Å². The Morgan fingerprint density at radius 2 is 1.88 bits per heavy atom. The molecule has 0 saturated carbocycles. The second kappa shape index (κ2) is 8.05. The molecule has 176 valence electrons. The highest BCUT2D eigenvalue weighted by atomic mass is 35.5. The minimum absolute atomic E-state index is 0.279. The summed E-state index contributed by atoms with van der Waals surface area (Å²) in [5, 5.41) is 23.6. The molecule has 3 N–H and O–H groups in total. The molecule has 0 spiro atoms. The van der Waals surface area contributed by atoms with Crippen molar-refractivity contribution in [2.24, 2.45) is 0 Å². The molecule has 2 aliphatic rings. The summed E-state index contributed by atoms with van der Waals surface area (Å²) in [6.07, 6.45) is -2.61. The van der Waals surface area contributed by atoms with Gasteiger partial charge < -0.3 is 34.3 Å². The Bertz CT molecular complexity index is 1080. The molecular formula is C22H26BClN2O7. The fourth-order valence-electron chi connectivity index (χ4n) is 4.03. The smallest absolute Gasteiger partial charge is 0.481 e. The van der Waals surface area contributed by atoms with Gasteiger partial charge in [0.1, 0.15) is 11.9 Å². The number of hydrogen-bond acceptors (Lipinski definition) is 7. The van der Waals surface area contributed by atoms with Crippen molar-refractivity contribution in [1.82, 2.24) is 10.3 Å². The zero-order valence-electron chi connectivity index (χ0n) is 19.0. The third-order valence-electron chi connectivity index (χ3n) is 6.56. The van der Waals surface area contributed by atoms with Gasteiger partial charge in [-0.15, -0.1) is 0 Å². The number of nitrogens with one attached hydrogen (secondary N) is 1. The van der Waals surface area contributed by atoms with Crippen LogP contribution in [0.25, 0.3) is 0 Å². The largest absolute Gasteiger partial charge is 0.496 e. The number of benzene rings is 1. The first-order valence-electron chi connectivity index (χ1n) is 10.5. The predicted molar refractivity (Wildman–Crippen MR) is 121 cm³/mol. The fraction of sp³-hybridized carbons (Fsp3) is 0.455. The SMILES string of the molecule is COc1cccc(C2(CNC(=O)O)Oc3ccc(Cl)c(B4OC(C)(C)C(C)(C)O4)c3C2O)n1. The van der Waals surface area contributed by atoms with E-state index < -0.39 is 36.1 Å². The second-order valence-electron chi connectivity index (χ2n) is 9.08. The number of pyridine rings is 1. The van der Waals surface area contributed by atoms with Gasteiger partial charge in [-0.3, -0.25) is 0 Å². The van der Waals surface area contributed by atoms with Crippen molar-refractivity contribution in [2.45, 2.75) is 50.6 Å². The van der Waals surface area contributed by atoms with Gasteiger partial charge in [-0.05, 0) is 45.9 Å². The zero-order valence-corrected chi connectivity index (χ0v) is 19.8. The number of aliphatic hydroxyl groups is 1. The molecule has 3 heterocycles. The highest BCUT2D eigenvalue weighted by Gasteiger charge is 2.57. The number of halogens is 1. The highest BCUT2D eigenvalue weighted by Crippen LogP contribution is 2.49. The molecule has 2 aromatic rings. The van der Waals surface area contributed by atoms with Crippen molar-refractivity contribution in [3.05, 3.63) is 46.6 Å². The number of hydrogen-bond donors (Lipinski definition) is 3. The van der Waals surface area contributed by atoms with Gasteiger partial charge in [-0.2, -0.15) is 0 Å². The monoisotopic (exact) mass is 476 g/mol. The van der Waals surface area contributed by atoms with Crippen LogP contribution < -0.4 is 20.3 Å². The Hall–Kier alpha value is -2.53. The summed E-state index contributed by atoms with van der Waals surface area (Å²) in [6.45, 7) is 7.38. The molecule has 1 aromatic carbocycles. The molecular weight excluding hydrogens is 451 g/mol. The number of methoxy groups -OCH3 is 1. The number of fused-ring (bicyclic) bond motifs is 1. The molecule has 1 saturated heterocycles. The molecule has 4 rings (SSSR count). The number of carboxylic acid groups (broad SMARTS) is 1. The Kier molecular flexibility index (Phi) is 5.77. The van der Waals surface area contributed by atoms with Crippen molar-refractivity contribution in [3.8, 4) is 11.6 Å². The van der Waals surface area contributed by atoms with Crippen molar-refractivity contribution in [1.29, 1.82) is 0 Å². The normalized spacial score (nSPS) is 24.8. The maximum atomic E-state index is 11.6. The molecule has 9 nitrogen and oxygen atoms in total. The average Bonchev–Trinajstić information content (AvgIpc) is 3.16. The van der Waals surface area contributed by atoms with Crippen molar-refractivity contribution >= 4 is 30.3 Å². The van der Waals surface area contributed by atoms with Crippen LogP contribution in [0.1, 0.15) is 45.1 Å². The van der Waals surface area contributed by atoms with E-state index in [4.69, 9.17) is 30.4 Å². The van der Waals surface area contributed by atoms with Crippen LogP contribution in [0.4, 0.5) is 4.79 Å². The van der Waals surface area contributed by atoms with E-state index in [1.807, 2.05) is 27.7 Å². The number of ether oxygens (including phenoxy) is 2. The molecule has 11 heteroatoms. The van der Waals surface area contributed by atoms with Crippen LogP contribution in [-0.4, -0.2) is 53.3 Å². The number of carbonyl (C=O) groups is 1. The van der Waals surface area contributed by atoms with Crippen LogP contribution in [0.5, 0.6) is 11.6 Å². The van der Waals surface area contributed by atoms with Gasteiger partial charge in [0.2, 0.25) is 5.88 Å². The molecule has 0 radical (unpaired) electrons. The minimum Gasteiger partial charge on any atom is -0.481 e. The lowest BCUT2D eigenvalue weighted by Gasteiger charge is -2.32. The Labute approximate surface area is 197 Å². The molecule has 2 atom stereocenters. The topological polar surface area (TPSA) is 119 Å². The first-order valence-corrected chi connectivity index (χ1v) is 10.8. The molecule has 1 amide bonds. The molecule has 0 bridgehead atoms. The molecule has 1 fully saturated rings. The summed E-state index contributed by atoms with van der Waals surface area (Å²) in [5.74, 6) is 0.617. The summed E-state index contributed by atoms with van der Waals surface area (Å²) in [5.41, 5.74) is -1.76. The number of nitrogens with zero attached hydrogens (tertiary/aromatic N) is 1. The van der Waals surface area contributed by atoms with Gasteiger partial charge in [0, 0.05) is 22.1 Å². The first-order chi connectivity index (χ1) is 15.4. The third-order valence-corrected chi connectivity index (χ3v) is 6.89. The van der Waals surface area contributed by atoms with Crippen LogP contribution in [0, 0.1) is 0 Å². The highest BCUT2D eigenvalue weighted by molar-refractivity contribution is 6.66. The van der Waals surface area contributed by atoms with Gasteiger partial charge in [-0.1, -0.05) is 17.7 Å². The van der Waals surface area contributed by atoms with Crippen LogP contribution in [0.15, 0.2) is 30.3 Å². The van der Waals surface area contributed by atoms with E-state index in [1.54, 1.807) is 30.3 Å². The average molecular weight is 477 g/mol. The van der Waals surface area contributed by atoms with Gasteiger partial charge >= 0.3 is 13.2 Å². The first kappa shape index (κ1) is 23.6. The van der Waals surface area contributed by atoms with Gasteiger partial charge in [-0.25, -0.2) is 9.78 Å². The number of rotatable bonds is 5.